The van der Waals surface area contributed by atoms with Gasteiger partial charge in [0.05, 0.1) is 5.92 Å². The van der Waals surface area contributed by atoms with E-state index in [0.29, 0.717) is 18.0 Å². The standard InChI is InChI=1S/C15H28N2O/c1-12-14(10-7-11-16-12)15(18)17(2)13-8-5-3-4-6-9-13/h12-14,16H,3-11H2,1-2H3. The van der Waals surface area contributed by atoms with Crippen LogP contribution < -0.4 is 5.32 Å². The highest BCUT2D eigenvalue weighted by atomic mass is 16.2. The summed E-state index contributed by atoms with van der Waals surface area (Å²) in [6.45, 7) is 3.22. The van der Waals surface area contributed by atoms with Gasteiger partial charge in [-0.25, -0.2) is 0 Å². The van der Waals surface area contributed by atoms with Crippen molar-refractivity contribution in [2.24, 2.45) is 5.92 Å². The number of nitrogens with one attached hydrogen (secondary N) is 1. The number of piperidine rings is 1. The van der Waals surface area contributed by atoms with Gasteiger partial charge in [0, 0.05) is 19.1 Å². The smallest absolute Gasteiger partial charge is 0.227 e. The molecule has 0 aromatic rings. The van der Waals surface area contributed by atoms with E-state index in [1.54, 1.807) is 0 Å². The zero-order valence-electron chi connectivity index (χ0n) is 12.0. The van der Waals surface area contributed by atoms with Crippen LogP contribution in [-0.2, 0) is 4.79 Å². The monoisotopic (exact) mass is 252 g/mol. The second-order valence-electron chi connectivity index (χ2n) is 6.09. The van der Waals surface area contributed by atoms with E-state index in [1.807, 2.05) is 7.05 Å². The summed E-state index contributed by atoms with van der Waals surface area (Å²) in [5.41, 5.74) is 0. The number of rotatable bonds is 2. The third-order valence-electron chi connectivity index (χ3n) is 4.80. The molecule has 1 N–H and O–H groups in total. The van der Waals surface area contributed by atoms with Gasteiger partial charge in [0.15, 0.2) is 0 Å². The minimum Gasteiger partial charge on any atom is -0.342 e. The predicted molar refractivity (Wildman–Crippen MR) is 74.4 cm³/mol. The molecule has 2 fully saturated rings. The highest BCUT2D eigenvalue weighted by Gasteiger charge is 2.32. The average Bonchev–Trinajstić information content (AvgIpc) is 2.66. The molecule has 0 spiro atoms. The van der Waals surface area contributed by atoms with Crippen molar-refractivity contribution in [2.75, 3.05) is 13.6 Å². The van der Waals surface area contributed by atoms with Crippen LogP contribution in [0.15, 0.2) is 0 Å². The molecule has 1 heterocycles. The van der Waals surface area contributed by atoms with Crippen LogP contribution in [0.3, 0.4) is 0 Å². The highest BCUT2D eigenvalue weighted by Crippen LogP contribution is 2.25. The molecule has 3 nitrogen and oxygen atoms in total. The second-order valence-corrected chi connectivity index (χ2v) is 6.09. The van der Waals surface area contributed by atoms with Crippen LogP contribution in [0.25, 0.3) is 0 Å². The molecule has 1 saturated carbocycles. The van der Waals surface area contributed by atoms with E-state index in [0.717, 1.165) is 19.4 Å². The maximum atomic E-state index is 12.6. The number of hydrogen-bond acceptors (Lipinski definition) is 2. The molecular weight excluding hydrogens is 224 g/mol. The Morgan fingerprint density at radius 3 is 2.33 bits per heavy atom. The Morgan fingerprint density at radius 2 is 1.72 bits per heavy atom. The van der Waals surface area contributed by atoms with Gasteiger partial charge in [0.2, 0.25) is 5.91 Å². The van der Waals surface area contributed by atoms with Gasteiger partial charge in [-0.05, 0) is 39.2 Å². The van der Waals surface area contributed by atoms with Crippen molar-refractivity contribution in [3.8, 4) is 0 Å². The predicted octanol–water partition coefficient (Wildman–Crippen LogP) is 2.56. The zero-order chi connectivity index (χ0) is 13.0. The number of hydrogen-bond donors (Lipinski definition) is 1. The maximum Gasteiger partial charge on any atom is 0.227 e. The van der Waals surface area contributed by atoms with Gasteiger partial charge in [-0.2, -0.15) is 0 Å². The normalized spacial score (nSPS) is 30.8. The summed E-state index contributed by atoms with van der Waals surface area (Å²) in [6.07, 6.45) is 9.89. The molecule has 2 aliphatic rings. The molecule has 1 aliphatic carbocycles. The van der Waals surface area contributed by atoms with Crippen molar-refractivity contribution in [3.63, 3.8) is 0 Å². The minimum absolute atomic E-state index is 0.201. The van der Waals surface area contributed by atoms with Gasteiger partial charge in [-0.15, -0.1) is 0 Å². The van der Waals surface area contributed by atoms with Crippen molar-refractivity contribution < 1.29 is 4.79 Å². The maximum absolute atomic E-state index is 12.6. The topological polar surface area (TPSA) is 32.3 Å². The highest BCUT2D eigenvalue weighted by molar-refractivity contribution is 5.79. The summed E-state index contributed by atoms with van der Waals surface area (Å²) in [4.78, 5) is 14.7. The molecule has 1 aliphatic heterocycles. The van der Waals surface area contributed by atoms with Crippen LogP contribution in [0.5, 0.6) is 0 Å². The van der Waals surface area contributed by atoms with Gasteiger partial charge in [0.1, 0.15) is 0 Å². The van der Waals surface area contributed by atoms with Gasteiger partial charge < -0.3 is 10.2 Å². The van der Waals surface area contributed by atoms with E-state index in [1.165, 1.54) is 38.5 Å². The van der Waals surface area contributed by atoms with E-state index < -0.39 is 0 Å². The van der Waals surface area contributed by atoms with Gasteiger partial charge in [0.25, 0.3) is 0 Å². The molecule has 18 heavy (non-hydrogen) atoms. The van der Waals surface area contributed by atoms with Crippen LogP contribution in [0, 0.1) is 5.92 Å². The van der Waals surface area contributed by atoms with E-state index >= 15 is 0 Å². The average molecular weight is 252 g/mol. The van der Waals surface area contributed by atoms with Crippen LogP contribution in [-0.4, -0.2) is 36.5 Å². The largest absolute Gasteiger partial charge is 0.342 e. The fourth-order valence-electron chi connectivity index (χ4n) is 3.47. The summed E-state index contributed by atoms with van der Waals surface area (Å²) >= 11 is 0. The molecule has 3 heteroatoms. The molecule has 1 amide bonds. The first-order valence-electron chi connectivity index (χ1n) is 7.70. The van der Waals surface area contributed by atoms with Crippen molar-refractivity contribution in [1.82, 2.24) is 10.2 Å². The Kier molecular flexibility index (Phi) is 5.04. The molecular formula is C15H28N2O. The van der Waals surface area contributed by atoms with Crippen molar-refractivity contribution >= 4 is 5.91 Å². The lowest BCUT2D eigenvalue weighted by Crippen LogP contribution is -2.49. The van der Waals surface area contributed by atoms with Crippen LogP contribution in [0.2, 0.25) is 0 Å². The van der Waals surface area contributed by atoms with E-state index in [2.05, 4.69) is 17.1 Å². The first-order chi connectivity index (χ1) is 8.70. The first-order valence-corrected chi connectivity index (χ1v) is 7.70. The number of amides is 1. The Balaban J connectivity index is 1.93. The molecule has 2 rings (SSSR count). The summed E-state index contributed by atoms with van der Waals surface area (Å²) in [6, 6.07) is 0.841. The Bertz CT molecular complexity index is 272. The molecule has 0 bridgehead atoms. The molecule has 104 valence electrons. The number of carbonyl (C=O) groups excluding carboxylic acids is 1. The minimum atomic E-state index is 0.201. The molecule has 2 unspecified atom stereocenters. The van der Waals surface area contributed by atoms with Crippen LogP contribution in [0.4, 0.5) is 0 Å². The fourth-order valence-corrected chi connectivity index (χ4v) is 3.47. The van der Waals surface area contributed by atoms with Crippen molar-refractivity contribution in [1.29, 1.82) is 0 Å². The van der Waals surface area contributed by atoms with Crippen molar-refractivity contribution in [3.05, 3.63) is 0 Å². The molecule has 1 saturated heterocycles. The van der Waals surface area contributed by atoms with E-state index in [4.69, 9.17) is 0 Å². The SMILES string of the molecule is CC1NCCCC1C(=O)N(C)C1CCCCCC1. The van der Waals surface area contributed by atoms with Gasteiger partial charge >= 0.3 is 0 Å². The molecule has 0 aromatic carbocycles. The summed E-state index contributed by atoms with van der Waals surface area (Å²) in [5.74, 6) is 0.577. The fraction of sp³-hybridized carbons (Fsp3) is 0.933. The lowest BCUT2D eigenvalue weighted by Gasteiger charge is -2.35. The second kappa shape index (κ2) is 6.55. The lowest BCUT2D eigenvalue weighted by atomic mass is 9.90. The Hall–Kier alpha value is -0.570. The number of nitrogens with zero attached hydrogens (tertiary/aromatic N) is 1. The summed E-state index contributed by atoms with van der Waals surface area (Å²) in [7, 11) is 2.03. The van der Waals surface area contributed by atoms with Gasteiger partial charge in [-0.1, -0.05) is 25.7 Å². The number of carbonyl (C=O) groups is 1. The quantitative estimate of drug-likeness (QED) is 0.766. The summed E-state index contributed by atoms with van der Waals surface area (Å²) < 4.78 is 0. The molecule has 2 atom stereocenters. The zero-order valence-corrected chi connectivity index (χ0v) is 12.0. The lowest BCUT2D eigenvalue weighted by molar-refractivity contribution is -0.138. The summed E-state index contributed by atoms with van der Waals surface area (Å²) in [5, 5.41) is 3.44. The van der Waals surface area contributed by atoms with Crippen molar-refractivity contribution in [2.45, 2.75) is 70.4 Å². The third kappa shape index (κ3) is 3.25. The third-order valence-corrected chi connectivity index (χ3v) is 4.80. The first kappa shape index (κ1) is 13.9. The van der Waals surface area contributed by atoms with Crippen LogP contribution >= 0.6 is 0 Å². The van der Waals surface area contributed by atoms with Gasteiger partial charge in [-0.3, -0.25) is 4.79 Å². The van der Waals surface area contributed by atoms with E-state index in [-0.39, 0.29) is 5.92 Å². The van der Waals surface area contributed by atoms with Crippen LogP contribution in [0.1, 0.15) is 58.3 Å². The Labute approximate surface area is 111 Å². The molecule has 0 radical (unpaired) electrons. The van der Waals surface area contributed by atoms with E-state index in [9.17, 15) is 4.79 Å². The molecule has 0 aromatic heterocycles. The Morgan fingerprint density at radius 1 is 1.06 bits per heavy atom.